The standard InChI is InChI=1S/C14H10ClN3O3/c1-18-13-10(7-17-18)12(11(6-16-13)14(19)20)21-9-4-2-3-8(15)5-9/h2-7H,1H3,(H,19,20). The number of carboxylic acid groups (broad SMARTS) is 1. The summed E-state index contributed by atoms with van der Waals surface area (Å²) < 4.78 is 7.27. The maximum Gasteiger partial charge on any atom is 0.341 e. The minimum Gasteiger partial charge on any atom is -0.477 e. The lowest BCUT2D eigenvalue weighted by Gasteiger charge is -2.10. The summed E-state index contributed by atoms with van der Waals surface area (Å²) in [5.41, 5.74) is 0.507. The first kappa shape index (κ1) is 13.4. The predicted octanol–water partition coefficient (Wildman–Crippen LogP) is 3.11. The van der Waals surface area contributed by atoms with Crippen LogP contribution in [0.25, 0.3) is 11.0 Å². The maximum atomic E-state index is 11.4. The molecule has 6 nitrogen and oxygen atoms in total. The second kappa shape index (κ2) is 5.06. The van der Waals surface area contributed by atoms with Crippen molar-refractivity contribution in [2.45, 2.75) is 0 Å². The Balaban J connectivity index is 2.18. The van der Waals surface area contributed by atoms with E-state index >= 15 is 0 Å². The van der Waals surface area contributed by atoms with Gasteiger partial charge in [0.15, 0.2) is 11.4 Å². The number of aromatic carboxylic acids is 1. The molecule has 1 aromatic carbocycles. The van der Waals surface area contributed by atoms with Gasteiger partial charge in [0.05, 0.1) is 11.6 Å². The molecule has 0 saturated carbocycles. The highest BCUT2D eigenvalue weighted by molar-refractivity contribution is 6.30. The fraction of sp³-hybridized carbons (Fsp3) is 0.0714. The van der Waals surface area contributed by atoms with E-state index in [1.54, 1.807) is 36.0 Å². The van der Waals surface area contributed by atoms with E-state index in [0.717, 1.165) is 0 Å². The van der Waals surface area contributed by atoms with Crippen molar-refractivity contribution in [3.05, 3.63) is 47.2 Å². The Labute approximate surface area is 124 Å². The van der Waals surface area contributed by atoms with Crippen LogP contribution in [0.4, 0.5) is 0 Å². The van der Waals surface area contributed by atoms with Gasteiger partial charge in [-0.25, -0.2) is 9.78 Å². The molecule has 0 atom stereocenters. The van der Waals surface area contributed by atoms with Gasteiger partial charge in [0.25, 0.3) is 0 Å². The molecule has 0 aliphatic heterocycles. The Hall–Kier alpha value is -2.60. The topological polar surface area (TPSA) is 77.2 Å². The number of ether oxygens (including phenoxy) is 1. The first-order chi connectivity index (χ1) is 10.1. The smallest absolute Gasteiger partial charge is 0.341 e. The fourth-order valence-corrected chi connectivity index (χ4v) is 2.16. The Bertz CT molecular complexity index is 845. The molecule has 0 saturated heterocycles. The number of fused-ring (bicyclic) bond motifs is 1. The van der Waals surface area contributed by atoms with E-state index in [-0.39, 0.29) is 11.3 Å². The summed E-state index contributed by atoms with van der Waals surface area (Å²) in [5, 5.41) is 14.4. The van der Waals surface area contributed by atoms with Crippen LogP contribution in [-0.2, 0) is 7.05 Å². The zero-order valence-corrected chi connectivity index (χ0v) is 11.7. The zero-order chi connectivity index (χ0) is 15.0. The molecule has 21 heavy (non-hydrogen) atoms. The first-order valence-electron chi connectivity index (χ1n) is 6.03. The number of carbonyl (C=O) groups is 1. The molecule has 0 fully saturated rings. The van der Waals surface area contributed by atoms with E-state index in [2.05, 4.69) is 10.1 Å². The number of nitrogens with zero attached hydrogens (tertiary/aromatic N) is 3. The molecule has 3 rings (SSSR count). The summed E-state index contributed by atoms with van der Waals surface area (Å²) in [6.07, 6.45) is 2.78. The van der Waals surface area contributed by atoms with Gasteiger partial charge in [0.1, 0.15) is 11.3 Å². The summed E-state index contributed by atoms with van der Waals surface area (Å²) >= 11 is 5.91. The average Bonchev–Trinajstić information content (AvgIpc) is 2.81. The van der Waals surface area contributed by atoms with Gasteiger partial charge >= 0.3 is 5.97 Å². The van der Waals surface area contributed by atoms with Crippen LogP contribution in [0.1, 0.15) is 10.4 Å². The number of rotatable bonds is 3. The van der Waals surface area contributed by atoms with E-state index in [9.17, 15) is 9.90 Å². The van der Waals surface area contributed by atoms with E-state index in [0.29, 0.717) is 21.8 Å². The molecular weight excluding hydrogens is 294 g/mol. The molecule has 1 N–H and O–H groups in total. The summed E-state index contributed by atoms with van der Waals surface area (Å²) in [6.45, 7) is 0. The minimum atomic E-state index is -1.12. The summed E-state index contributed by atoms with van der Waals surface area (Å²) in [5.74, 6) is -0.477. The van der Waals surface area contributed by atoms with Crippen LogP contribution in [0.15, 0.2) is 36.7 Å². The van der Waals surface area contributed by atoms with E-state index in [4.69, 9.17) is 16.3 Å². The Kier molecular flexibility index (Phi) is 3.23. The quantitative estimate of drug-likeness (QED) is 0.804. The molecule has 2 aromatic heterocycles. The number of benzene rings is 1. The van der Waals surface area contributed by atoms with Crippen molar-refractivity contribution in [2.75, 3.05) is 0 Å². The first-order valence-corrected chi connectivity index (χ1v) is 6.41. The average molecular weight is 304 g/mol. The van der Waals surface area contributed by atoms with Crippen molar-refractivity contribution >= 4 is 28.6 Å². The third-order valence-corrected chi connectivity index (χ3v) is 3.19. The van der Waals surface area contributed by atoms with Crippen LogP contribution >= 0.6 is 11.6 Å². The van der Waals surface area contributed by atoms with E-state index < -0.39 is 5.97 Å². The molecule has 2 heterocycles. The van der Waals surface area contributed by atoms with Crippen LogP contribution in [0.5, 0.6) is 11.5 Å². The number of carboxylic acids is 1. The highest BCUT2D eigenvalue weighted by Crippen LogP contribution is 2.33. The van der Waals surface area contributed by atoms with Crippen LogP contribution in [0.2, 0.25) is 5.02 Å². The Morgan fingerprint density at radius 3 is 2.90 bits per heavy atom. The van der Waals surface area contributed by atoms with Gasteiger partial charge in [0, 0.05) is 18.3 Å². The number of aromatic nitrogens is 3. The molecule has 0 spiro atoms. The fourth-order valence-electron chi connectivity index (χ4n) is 1.98. The van der Waals surface area contributed by atoms with Gasteiger partial charge in [-0.3, -0.25) is 4.68 Å². The molecule has 0 radical (unpaired) electrons. The largest absolute Gasteiger partial charge is 0.477 e. The third-order valence-electron chi connectivity index (χ3n) is 2.96. The van der Waals surface area contributed by atoms with Gasteiger partial charge in [-0.2, -0.15) is 5.10 Å². The lowest BCUT2D eigenvalue weighted by Crippen LogP contribution is -2.02. The monoisotopic (exact) mass is 303 g/mol. The lowest BCUT2D eigenvalue weighted by atomic mass is 10.2. The van der Waals surface area contributed by atoms with Gasteiger partial charge in [0.2, 0.25) is 0 Å². The van der Waals surface area contributed by atoms with Crippen LogP contribution in [0.3, 0.4) is 0 Å². The number of aryl methyl sites for hydroxylation is 1. The molecule has 7 heteroatoms. The molecule has 0 unspecified atom stereocenters. The van der Waals surface area contributed by atoms with Gasteiger partial charge in [-0.1, -0.05) is 17.7 Å². The number of pyridine rings is 1. The van der Waals surface area contributed by atoms with Crippen molar-refractivity contribution in [3.63, 3.8) is 0 Å². The molecule has 0 aliphatic carbocycles. The van der Waals surface area contributed by atoms with E-state index in [1.165, 1.54) is 12.4 Å². The molecular formula is C14H10ClN3O3. The molecule has 0 bridgehead atoms. The highest BCUT2D eigenvalue weighted by Gasteiger charge is 2.19. The summed E-state index contributed by atoms with van der Waals surface area (Å²) in [7, 11) is 1.72. The minimum absolute atomic E-state index is 0.0320. The summed E-state index contributed by atoms with van der Waals surface area (Å²) in [6, 6.07) is 6.73. The van der Waals surface area contributed by atoms with E-state index in [1.807, 2.05) is 0 Å². The molecule has 0 amide bonds. The molecule has 3 aromatic rings. The van der Waals surface area contributed by atoms with Crippen LogP contribution in [-0.4, -0.2) is 25.8 Å². The van der Waals surface area contributed by atoms with Crippen molar-refractivity contribution in [1.29, 1.82) is 0 Å². The molecule has 106 valence electrons. The Morgan fingerprint density at radius 2 is 2.19 bits per heavy atom. The Morgan fingerprint density at radius 1 is 1.38 bits per heavy atom. The van der Waals surface area contributed by atoms with Crippen LogP contribution in [0, 0.1) is 0 Å². The predicted molar refractivity (Wildman–Crippen MR) is 77.0 cm³/mol. The van der Waals surface area contributed by atoms with Gasteiger partial charge in [-0.05, 0) is 18.2 Å². The second-order valence-electron chi connectivity index (χ2n) is 4.37. The number of halogens is 1. The third kappa shape index (κ3) is 2.41. The van der Waals surface area contributed by atoms with Crippen molar-refractivity contribution in [2.24, 2.45) is 7.05 Å². The SMILES string of the molecule is Cn1ncc2c(Oc3cccc(Cl)c3)c(C(=O)O)cnc21. The lowest BCUT2D eigenvalue weighted by molar-refractivity contribution is 0.0694. The van der Waals surface area contributed by atoms with Gasteiger partial charge in [-0.15, -0.1) is 0 Å². The highest BCUT2D eigenvalue weighted by atomic mass is 35.5. The van der Waals surface area contributed by atoms with Gasteiger partial charge < -0.3 is 9.84 Å². The molecule has 0 aliphatic rings. The van der Waals surface area contributed by atoms with Crippen molar-refractivity contribution in [1.82, 2.24) is 14.8 Å². The summed E-state index contributed by atoms with van der Waals surface area (Å²) in [4.78, 5) is 15.5. The zero-order valence-electron chi connectivity index (χ0n) is 10.9. The van der Waals surface area contributed by atoms with Crippen LogP contribution < -0.4 is 4.74 Å². The maximum absolute atomic E-state index is 11.4. The van der Waals surface area contributed by atoms with Crippen molar-refractivity contribution < 1.29 is 14.6 Å². The number of hydrogen-bond acceptors (Lipinski definition) is 4. The number of hydrogen-bond donors (Lipinski definition) is 1. The normalized spacial score (nSPS) is 10.8. The second-order valence-corrected chi connectivity index (χ2v) is 4.81. The van der Waals surface area contributed by atoms with Crippen molar-refractivity contribution in [3.8, 4) is 11.5 Å².